The predicted octanol–water partition coefficient (Wildman–Crippen LogP) is 1.81. The predicted molar refractivity (Wildman–Crippen MR) is 45.1 cm³/mol. The number of nitriles is 1. The molecule has 0 bridgehead atoms. The number of ether oxygens (including phenoxy) is 1. The summed E-state index contributed by atoms with van der Waals surface area (Å²) in [4.78, 5) is 4.00. The fraction of sp³-hybridized carbons (Fsp3) is 0.250. The summed E-state index contributed by atoms with van der Waals surface area (Å²) in [7, 11) is 1.52. The maximum Gasteiger partial charge on any atom is 0.213 e. The molecule has 0 N–H and O–H groups in total. The largest absolute Gasteiger partial charge is 0.481 e. The average Bonchev–Trinajstić information content (AvgIpc) is 2.09. The molecule has 1 heterocycles. The molecular formula is C8H7ClN2O. The van der Waals surface area contributed by atoms with E-state index in [1.165, 1.54) is 7.11 Å². The summed E-state index contributed by atoms with van der Waals surface area (Å²) in [6.45, 7) is 0. The molecule has 1 aromatic heterocycles. The Morgan fingerprint density at radius 1 is 1.67 bits per heavy atom. The standard InChI is InChI=1S/C8H7ClN2O/c1-12-8-3-2-6(9)7(11-8)4-5-10/h2-3H,4H2,1H3. The van der Waals surface area contributed by atoms with Crippen molar-refractivity contribution in [2.24, 2.45) is 0 Å². The van der Waals surface area contributed by atoms with Crippen LogP contribution in [0.25, 0.3) is 0 Å². The van der Waals surface area contributed by atoms with Gasteiger partial charge in [0.15, 0.2) is 0 Å². The van der Waals surface area contributed by atoms with Crippen molar-refractivity contribution in [1.82, 2.24) is 4.98 Å². The Morgan fingerprint density at radius 2 is 2.42 bits per heavy atom. The van der Waals surface area contributed by atoms with Crippen LogP contribution in [0.1, 0.15) is 5.69 Å². The fourth-order valence-corrected chi connectivity index (χ4v) is 0.949. The number of pyridine rings is 1. The van der Waals surface area contributed by atoms with Crippen LogP contribution in [0, 0.1) is 11.3 Å². The van der Waals surface area contributed by atoms with Crippen LogP contribution in [-0.4, -0.2) is 12.1 Å². The normalized spacial score (nSPS) is 9.08. The third kappa shape index (κ3) is 1.86. The summed E-state index contributed by atoms with van der Waals surface area (Å²) in [5.74, 6) is 0.477. The fourth-order valence-electron chi connectivity index (χ4n) is 0.777. The molecule has 0 unspecified atom stereocenters. The third-order valence-corrected chi connectivity index (χ3v) is 1.69. The molecule has 0 radical (unpaired) electrons. The maximum atomic E-state index is 8.42. The topological polar surface area (TPSA) is 45.9 Å². The van der Waals surface area contributed by atoms with Gasteiger partial charge in [-0.25, -0.2) is 4.98 Å². The van der Waals surface area contributed by atoms with Gasteiger partial charge in [0.1, 0.15) is 0 Å². The van der Waals surface area contributed by atoms with Crippen LogP contribution in [0.4, 0.5) is 0 Å². The molecule has 1 rings (SSSR count). The summed E-state index contributed by atoms with van der Waals surface area (Å²) < 4.78 is 4.88. The lowest BCUT2D eigenvalue weighted by atomic mass is 10.3. The van der Waals surface area contributed by atoms with Gasteiger partial charge < -0.3 is 4.74 Å². The first kappa shape index (κ1) is 8.82. The van der Waals surface area contributed by atoms with Gasteiger partial charge in [-0.2, -0.15) is 5.26 Å². The average molecular weight is 183 g/mol. The highest BCUT2D eigenvalue weighted by atomic mass is 35.5. The van der Waals surface area contributed by atoms with Crippen molar-refractivity contribution in [3.8, 4) is 11.9 Å². The molecule has 0 saturated carbocycles. The minimum Gasteiger partial charge on any atom is -0.481 e. The Bertz CT molecular complexity index is 319. The highest BCUT2D eigenvalue weighted by Crippen LogP contribution is 2.17. The molecule has 0 spiro atoms. The summed E-state index contributed by atoms with van der Waals surface area (Å²) in [5.41, 5.74) is 0.554. The van der Waals surface area contributed by atoms with Crippen molar-refractivity contribution in [2.45, 2.75) is 6.42 Å². The van der Waals surface area contributed by atoms with E-state index in [4.69, 9.17) is 21.6 Å². The van der Waals surface area contributed by atoms with Crippen molar-refractivity contribution in [2.75, 3.05) is 7.11 Å². The van der Waals surface area contributed by atoms with Gasteiger partial charge in [-0.1, -0.05) is 11.6 Å². The molecule has 0 amide bonds. The number of nitrogens with zero attached hydrogens (tertiary/aromatic N) is 2. The Morgan fingerprint density at radius 3 is 3.00 bits per heavy atom. The number of hydrogen-bond acceptors (Lipinski definition) is 3. The van der Waals surface area contributed by atoms with Crippen LogP contribution in [0.3, 0.4) is 0 Å². The van der Waals surface area contributed by atoms with Crippen molar-refractivity contribution >= 4 is 11.6 Å². The highest BCUT2D eigenvalue weighted by Gasteiger charge is 2.02. The second-order valence-electron chi connectivity index (χ2n) is 2.12. The second-order valence-corrected chi connectivity index (χ2v) is 2.52. The van der Waals surface area contributed by atoms with Gasteiger partial charge >= 0.3 is 0 Å². The zero-order valence-corrected chi connectivity index (χ0v) is 7.30. The molecule has 0 fully saturated rings. The van der Waals surface area contributed by atoms with E-state index >= 15 is 0 Å². The van der Waals surface area contributed by atoms with Crippen LogP contribution < -0.4 is 4.74 Å². The van der Waals surface area contributed by atoms with Crippen molar-refractivity contribution < 1.29 is 4.74 Å². The monoisotopic (exact) mass is 182 g/mol. The number of hydrogen-bond donors (Lipinski definition) is 0. The van der Waals surface area contributed by atoms with Crippen LogP contribution >= 0.6 is 11.6 Å². The second kappa shape index (κ2) is 3.93. The van der Waals surface area contributed by atoms with Gasteiger partial charge in [0, 0.05) is 6.07 Å². The van der Waals surface area contributed by atoms with Gasteiger partial charge in [-0.3, -0.25) is 0 Å². The van der Waals surface area contributed by atoms with Crippen molar-refractivity contribution in [1.29, 1.82) is 5.26 Å². The molecule has 0 atom stereocenters. The molecule has 12 heavy (non-hydrogen) atoms. The third-order valence-electron chi connectivity index (χ3n) is 1.35. The Kier molecular flexibility index (Phi) is 2.89. The van der Waals surface area contributed by atoms with Gasteiger partial charge in [0.2, 0.25) is 5.88 Å². The lowest BCUT2D eigenvalue weighted by Crippen LogP contribution is -1.93. The number of methoxy groups -OCH3 is 1. The smallest absolute Gasteiger partial charge is 0.213 e. The van der Waals surface area contributed by atoms with Gasteiger partial charge in [-0.05, 0) is 6.07 Å². The van der Waals surface area contributed by atoms with E-state index in [1.807, 2.05) is 6.07 Å². The highest BCUT2D eigenvalue weighted by molar-refractivity contribution is 6.31. The summed E-state index contributed by atoms with van der Waals surface area (Å²) in [6.07, 6.45) is 0.204. The molecule has 62 valence electrons. The minimum atomic E-state index is 0.204. The molecule has 1 aromatic rings. The summed E-state index contributed by atoms with van der Waals surface area (Å²) in [6, 6.07) is 5.30. The Labute approximate surface area is 75.6 Å². The number of halogens is 1. The Hall–Kier alpha value is -1.27. The van der Waals surface area contributed by atoms with Crippen LogP contribution in [0.15, 0.2) is 12.1 Å². The van der Waals surface area contributed by atoms with Gasteiger partial charge in [-0.15, -0.1) is 0 Å². The van der Waals surface area contributed by atoms with E-state index in [1.54, 1.807) is 12.1 Å². The van der Waals surface area contributed by atoms with E-state index in [0.29, 0.717) is 16.6 Å². The summed E-state index contributed by atoms with van der Waals surface area (Å²) in [5, 5.41) is 8.92. The van der Waals surface area contributed by atoms with Crippen molar-refractivity contribution in [3.05, 3.63) is 22.8 Å². The van der Waals surface area contributed by atoms with E-state index in [-0.39, 0.29) is 6.42 Å². The first-order chi connectivity index (χ1) is 5.77. The van der Waals surface area contributed by atoms with E-state index in [0.717, 1.165) is 0 Å². The van der Waals surface area contributed by atoms with Gasteiger partial charge in [0.25, 0.3) is 0 Å². The Balaban J connectivity index is 3.01. The van der Waals surface area contributed by atoms with E-state index in [2.05, 4.69) is 4.98 Å². The molecule has 0 aliphatic carbocycles. The minimum absolute atomic E-state index is 0.204. The zero-order chi connectivity index (χ0) is 8.97. The molecular weight excluding hydrogens is 176 g/mol. The molecule has 3 nitrogen and oxygen atoms in total. The number of rotatable bonds is 2. The van der Waals surface area contributed by atoms with E-state index < -0.39 is 0 Å². The SMILES string of the molecule is COc1ccc(Cl)c(CC#N)n1. The quantitative estimate of drug-likeness (QED) is 0.701. The summed E-state index contributed by atoms with van der Waals surface area (Å²) >= 11 is 5.76. The molecule has 0 saturated heterocycles. The lowest BCUT2D eigenvalue weighted by molar-refractivity contribution is 0.396. The lowest BCUT2D eigenvalue weighted by Gasteiger charge is -2.01. The van der Waals surface area contributed by atoms with Gasteiger partial charge in [0.05, 0.1) is 30.3 Å². The first-order valence-corrected chi connectivity index (χ1v) is 3.72. The van der Waals surface area contributed by atoms with E-state index in [9.17, 15) is 0 Å². The van der Waals surface area contributed by atoms with Crippen LogP contribution in [0.2, 0.25) is 5.02 Å². The molecule has 4 heteroatoms. The molecule has 0 aromatic carbocycles. The van der Waals surface area contributed by atoms with Crippen LogP contribution in [0.5, 0.6) is 5.88 Å². The zero-order valence-electron chi connectivity index (χ0n) is 6.54. The first-order valence-electron chi connectivity index (χ1n) is 3.34. The molecule has 0 aliphatic heterocycles. The molecule has 0 aliphatic rings. The number of aromatic nitrogens is 1. The van der Waals surface area contributed by atoms with Crippen molar-refractivity contribution in [3.63, 3.8) is 0 Å². The maximum absolute atomic E-state index is 8.42. The van der Waals surface area contributed by atoms with Crippen LogP contribution in [-0.2, 0) is 6.42 Å².